The lowest BCUT2D eigenvalue weighted by molar-refractivity contribution is 0.0962. The molecule has 4 rings (SSSR count). The van der Waals surface area contributed by atoms with Gasteiger partial charge in [0.2, 0.25) is 0 Å². The molecule has 0 saturated carbocycles. The molecule has 2 aliphatic heterocycles. The summed E-state index contributed by atoms with van der Waals surface area (Å²) < 4.78 is 6.23. The predicted octanol–water partition coefficient (Wildman–Crippen LogP) is 5.48. The van der Waals surface area contributed by atoms with Crippen LogP contribution in [-0.4, -0.2) is 59.3 Å². The molecule has 1 fully saturated rings. The lowest BCUT2D eigenvalue weighted by Crippen LogP contribution is -2.35. The molecule has 0 bridgehead atoms. The third kappa shape index (κ3) is 5.44. The highest BCUT2D eigenvalue weighted by Crippen LogP contribution is 2.40. The smallest absolute Gasteiger partial charge is 0.182 e. The van der Waals surface area contributed by atoms with Gasteiger partial charge in [0.05, 0.1) is 6.54 Å². The van der Waals surface area contributed by atoms with Gasteiger partial charge in [-0.2, -0.15) is 0 Å². The number of carbonyl (C=O) groups excluding carboxylic acids is 1. The van der Waals surface area contributed by atoms with Crippen molar-refractivity contribution in [3.8, 4) is 11.5 Å². The van der Waals surface area contributed by atoms with Gasteiger partial charge in [0.25, 0.3) is 0 Å². The Kier molecular flexibility index (Phi) is 6.95. The largest absolute Gasteiger partial charge is 0.507 e. The predicted molar refractivity (Wildman–Crippen MR) is 145 cm³/mol. The topological polar surface area (TPSA) is 76.9 Å². The number of amidine groups is 1. The van der Waals surface area contributed by atoms with E-state index in [1.807, 2.05) is 76.8 Å². The highest BCUT2D eigenvalue weighted by atomic mass is 16.5. The molecule has 0 radical (unpaired) electrons. The normalized spacial score (nSPS) is 17.4. The van der Waals surface area contributed by atoms with Gasteiger partial charge in [-0.1, -0.05) is 47.6 Å². The molecular formula is C30H41N3O3. The molecule has 0 spiro atoms. The second kappa shape index (κ2) is 9.55. The third-order valence-electron chi connectivity index (χ3n) is 7.36. The van der Waals surface area contributed by atoms with Gasteiger partial charge >= 0.3 is 0 Å². The van der Waals surface area contributed by atoms with Crippen molar-refractivity contribution in [1.29, 1.82) is 5.41 Å². The minimum Gasteiger partial charge on any atom is -0.507 e. The van der Waals surface area contributed by atoms with Gasteiger partial charge in [0.1, 0.15) is 23.4 Å². The minimum atomic E-state index is -0.304. The summed E-state index contributed by atoms with van der Waals surface area (Å²) in [5.41, 5.74) is 3.40. The fraction of sp³-hybridized carbons (Fsp3) is 0.533. The molecule has 194 valence electrons. The van der Waals surface area contributed by atoms with E-state index >= 15 is 0 Å². The molecule has 0 unspecified atom stereocenters. The second-order valence-corrected chi connectivity index (χ2v) is 12.5. The number of Topliss-reactive ketones (excluding diaryl/α,β-unsaturated/α-hetero) is 1. The van der Waals surface area contributed by atoms with Crippen LogP contribution in [-0.2, 0) is 17.4 Å². The number of piperidine rings is 1. The van der Waals surface area contributed by atoms with E-state index in [9.17, 15) is 9.90 Å². The highest BCUT2D eigenvalue weighted by Gasteiger charge is 2.30. The second-order valence-electron chi connectivity index (χ2n) is 12.5. The summed E-state index contributed by atoms with van der Waals surface area (Å²) in [7, 11) is 2.13. The number of likely N-dealkylation sites (tertiary alicyclic amines) is 1. The molecule has 0 aromatic heterocycles. The maximum atomic E-state index is 13.5. The van der Waals surface area contributed by atoms with Crippen LogP contribution in [0, 0.1) is 5.41 Å². The highest BCUT2D eigenvalue weighted by molar-refractivity contribution is 6.05. The van der Waals surface area contributed by atoms with Crippen LogP contribution in [0.2, 0.25) is 0 Å². The van der Waals surface area contributed by atoms with Gasteiger partial charge < -0.3 is 19.6 Å². The first kappa shape index (κ1) is 26.2. The number of rotatable bonds is 5. The van der Waals surface area contributed by atoms with Crippen LogP contribution >= 0.6 is 0 Å². The molecule has 2 aromatic carbocycles. The molecule has 0 amide bonds. The van der Waals surface area contributed by atoms with Gasteiger partial charge in [-0.15, -0.1) is 0 Å². The Bertz CT molecular complexity index is 1130. The average molecular weight is 492 g/mol. The van der Waals surface area contributed by atoms with E-state index < -0.39 is 0 Å². The number of phenolic OH excluding ortho intramolecular Hbond substituents is 1. The zero-order valence-electron chi connectivity index (χ0n) is 22.9. The van der Waals surface area contributed by atoms with Crippen molar-refractivity contribution in [2.75, 3.05) is 26.7 Å². The SMILES string of the molecule is CN1CCC(Oc2ccc3c(c2)C(=N)N(CC(=O)c2cc(C(C)(C)C)c(O)c(C(C)(C)C)c2)C3)CC1. The van der Waals surface area contributed by atoms with E-state index in [0.717, 1.165) is 53.9 Å². The lowest BCUT2D eigenvalue weighted by Gasteiger charge is -2.29. The Morgan fingerprint density at radius 3 is 2.17 bits per heavy atom. The molecule has 2 N–H and O–H groups in total. The molecule has 6 heteroatoms. The number of benzene rings is 2. The van der Waals surface area contributed by atoms with Gasteiger partial charge in [-0.25, -0.2) is 0 Å². The van der Waals surface area contributed by atoms with Crippen LogP contribution in [0.3, 0.4) is 0 Å². The average Bonchev–Trinajstić information content (AvgIpc) is 3.08. The molecular weight excluding hydrogens is 450 g/mol. The number of hydrogen-bond acceptors (Lipinski definition) is 5. The molecule has 2 aromatic rings. The number of fused-ring (bicyclic) bond motifs is 1. The van der Waals surface area contributed by atoms with Crippen LogP contribution in [0.15, 0.2) is 30.3 Å². The third-order valence-corrected chi connectivity index (χ3v) is 7.36. The van der Waals surface area contributed by atoms with Crippen molar-refractivity contribution < 1.29 is 14.6 Å². The first-order valence-corrected chi connectivity index (χ1v) is 13.0. The standard InChI is InChI=1S/C30H41N3O3/c1-29(2,3)24-14-20(15-25(27(24)35)30(4,5)6)26(34)18-33-17-19-8-9-22(16-23(19)28(33)31)36-21-10-12-32(7)13-11-21/h8-9,14-16,21,31,35H,10-13,17-18H2,1-7H3. The van der Waals surface area contributed by atoms with Crippen molar-refractivity contribution >= 4 is 11.6 Å². The number of nitrogens with one attached hydrogen (secondary N) is 1. The molecule has 2 aliphatic rings. The maximum Gasteiger partial charge on any atom is 0.182 e. The summed E-state index contributed by atoms with van der Waals surface area (Å²) in [6.45, 7) is 15.0. The van der Waals surface area contributed by atoms with Gasteiger partial charge in [-0.3, -0.25) is 10.2 Å². The molecule has 0 atom stereocenters. The molecule has 0 aliphatic carbocycles. The molecule has 1 saturated heterocycles. The monoisotopic (exact) mass is 491 g/mol. The zero-order valence-corrected chi connectivity index (χ0v) is 22.9. The van der Waals surface area contributed by atoms with Gasteiger partial charge in [0.15, 0.2) is 5.78 Å². The van der Waals surface area contributed by atoms with Crippen LogP contribution < -0.4 is 4.74 Å². The van der Waals surface area contributed by atoms with E-state index in [4.69, 9.17) is 10.1 Å². The number of nitrogens with zero attached hydrogens (tertiary/aromatic N) is 2. The quantitative estimate of drug-likeness (QED) is 0.541. The van der Waals surface area contributed by atoms with Crippen LogP contribution in [0.25, 0.3) is 0 Å². The summed E-state index contributed by atoms with van der Waals surface area (Å²) in [6.07, 6.45) is 2.22. The van der Waals surface area contributed by atoms with Crippen molar-refractivity contribution in [1.82, 2.24) is 9.80 Å². The molecule has 36 heavy (non-hydrogen) atoms. The summed E-state index contributed by atoms with van der Waals surface area (Å²) in [5.74, 6) is 1.37. The van der Waals surface area contributed by atoms with Crippen molar-refractivity contribution in [3.63, 3.8) is 0 Å². The van der Waals surface area contributed by atoms with E-state index in [0.29, 0.717) is 17.9 Å². The number of ether oxygens (including phenoxy) is 1. The van der Waals surface area contributed by atoms with Crippen molar-refractivity contribution in [2.24, 2.45) is 0 Å². The number of phenols is 1. The Balaban J connectivity index is 1.52. The van der Waals surface area contributed by atoms with E-state index in [-0.39, 0.29) is 35.0 Å². The fourth-order valence-electron chi connectivity index (χ4n) is 5.08. The van der Waals surface area contributed by atoms with Crippen molar-refractivity contribution in [2.45, 2.75) is 77.9 Å². The summed E-state index contributed by atoms with van der Waals surface area (Å²) in [6, 6.07) is 9.62. The summed E-state index contributed by atoms with van der Waals surface area (Å²) in [4.78, 5) is 17.6. The zero-order chi connectivity index (χ0) is 26.4. The summed E-state index contributed by atoms with van der Waals surface area (Å²) in [5, 5.41) is 19.8. The first-order valence-electron chi connectivity index (χ1n) is 13.0. The van der Waals surface area contributed by atoms with Crippen molar-refractivity contribution in [3.05, 3.63) is 58.1 Å². The number of carbonyl (C=O) groups is 1. The summed E-state index contributed by atoms with van der Waals surface area (Å²) >= 11 is 0. The van der Waals surface area contributed by atoms with E-state index in [1.54, 1.807) is 0 Å². The number of hydrogen-bond donors (Lipinski definition) is 2. The number of aromatic hydroxyl groups is 1. The Labute approximate surface area is 215 Å². The van der Waals surface area contributed by atoms with E-state index in [1.165, 1.54) is 0 Å². The molecule has 2 heterocycles. The Morgan fingerprint density at radius 2 is 1.61 bits per heavy atom. The van der Waals surface area contributed by atoms with Crippen LogP contribution in [0.1, 0.15) is 87.0 Å². The van der Waals surface area contributed by atoms with Crippen LogP contribution in [0.4, 0.5) is 0 Å². The maximum absolute atomic E-state index is 13.5. The first-order chi connectivity index (χ1) is 16.7. The lowest BCUT2D eigenvalue weighted by atomic mass is 9.78. The van der Waals surface area contributed by atoms with Gasteiger partial charge in [-0.05, 0) is 60.5 Å². The van der Waals surface area contributed by atoms with Gasteiger partial charge in [0, 0.05) is 41.9 Å². The van der Waals surface area contributed by atoms with Crippen LogP contribution in [0.5, 0.6) is 11.5 Å². The fourth-order valence-corrected chi connectivity index (χ4v) is 5.08. The number of ketones is 1. The Hall–Kier alpha value is -2.86. The van der Waals surface area contributed by atoms with E-state index in [2.05, 4.69) is 11.9 Å². The minimum absolute atomic E-state index is 0.0497. The Morgan fingerprint density at radius 1 is 1.03 bits per heavy atom. The molecule has 6 nitrogen and oxygen atoms in total.